The average Bonchev–Trinajstić information content (AvgIpc) is 2.78. The van der Waals surface area contributed by atoms with E-state index in [0.717, 1.165) is 16.9 Å². The Labute approximate surface area is 186 Å². The van der Waals surface area contributed by atoms with Crippen molar-refractivity contribution in [1.29, 1.82) is 0 Å². The molecule has 0 heterocycles. The molecule has 1 N–H and O–H groups in total. The van der Waals surface area contributed by atoms with Crippen LogP contribution in [0.2, 0.25) is 0 Å². The SMILES string of the molecule is CCNC(=O)C(CC)N(Cc1ccc(OC)cc1)C(=O)CCc1ccc(C(C)C)cc1. The largest absolute Gasteiger partial charge is 0.497 e. The van der Waals surface area contributed by atoms with Crippen molar-refractivity contribution in [3.8, 4) is 5.75 Å². The zero-order valence-electron chi connectivity index (χ0n) is 19.5. The van der Waals surface area contributed by atoms with Gasteiger partial charge in [0.15, 0.2) is 0 Å². The molecule has 0 aliphatic rings. The summed E-state index contributed by atoms with van der Waals surface area (Å²) in [5, 5.41) is 2.87. The van der Waals surface area contributed by atoms with Crippen LogP contribution in [-0.2, 0) is 22.6 Å². The lowest BCUT2D eigenvalue weighted by Crippen LogP contribution is -2.49. The van der Waals surface area contributed by atoms with Gasteiger partial charge in [0.05, 0.1) is 7.11 Å². The number of rotatable bonds is 11. The lowest BCUT2D eigenvalue weighted by Gasteiger charge is -2.30. The van der Waals surface area contributed by atoms with Gasteiger partial charge in [-0.05, 0) is 54.5 Å². The second-order valence-corrected chi connectivity index (χ2v) is 8.08. The number of carbonyl (C=O) groups excluding carboxylic acids is 2. The van der Waals surface area contributed by atoms with Crippen molar-refractivity contribution in [2.75, 3.05) is 13.7 Å². The van der Waals surface area contributed by atoms with E-state index in [2.05, 4.69) is 43.4 Å². The van der Waals surface area contributed by atoms with Crippen molar-refractivity contribution >= 4 is 11.8 Å². The van der Waals surface area contributed by atoms with E-state index in [9.17, 15) is 9.59 Å². The van der Waals surface area contributed by atoms with Gasteiger partial charge >= 0.3 is 0 Å². The molecule has 0 saturated carbocycles. The average molecular weight is 425 g/mol. The quantitative estimate of drug-likeness (QED) is 0.569. The zero-order valence-corrected chi connectivity index (χ0v) is 19.5. The number of likely N-dealkylation sites (N-methyl/N-ethyl adjacent to an activating group) is 1. The summed E-state index contributed by atoms with van der Waals surface area (Å²) in [7, 11) is 1.63. The first-order chi connectivity index (χ1) is 14.9. The smallest absolute Gasteiger partial charge is 0.242 e. The molecule has 0 spiro atoms. The first-order valence-electron chi connectivity index (χ1n) is 11.2. The van der Waals surface area contributed by atoms with E-state index in [1.54, 1.807) is 12.0 Å². The van der Waals surface area contributed by atoms with Crippen LogP contribution >= 0.6 is 0 Å². The molecule has 5 nitrogen and oxygen atoms in total. The molecule has 0 aliphatic heterocycles. The van der Waals surface area contributed by atoms with E-state index in [4.69, 9.17) is 4.74 Å². The lowest BCUT2D eigenvalue weighted by molar-refractivity contribution is -0.141. The van der Waals surface area contributed by atoms with Crippen LogP contribution in [0, 0.1) is 0 Å². The highest BCUT2D eigenvalue weighted by Gasteiger charge is 2.28. The third kappa shape index (κ3) is 7.12. The Bertz CT molecular complexity index is 829. The number of carbonyl (C=O) groups is 2. The molecule has 5 heteroatoms. The van der Waals surface area contributed by atoms with Crippen molar-refractivity contribution in [3.63, 3.8) is 0 Å². The Hall–Kier alpha value is -2.82. The molecular weight excluding hydrogens is 388 g/mol. The number of hydrogen-bond acceptors (Lipinski definition) is 3. The number of methoxy groups -OCH3 is 1. The van der Waals surface area contributed by atoms with Crippen LogP contribution < -0.4 is 10.1 Å². The molecule has 2 aromatic rings. The molecule has 31 heavy (non-hydrogen) atoms. The minimum absolute atomic E-state index is 0.0122. The van der Waals surface area contributed by atoms with Gasteiger partial charge in [0, 0.05) is 19.5 Å². The summed E-state index contributed by atoms with van der Waals surface area (Å²) in [5.74, 6) is 1.13. The molecule has 0 bridgehead atoms. The van der Waals surface area contributed by atoms with Gasteiger partial charge in [-0.1, -0.05) is 57.2 Å². The van der Waals surface area contributed by atoms with Crippen molar-refractivity contribution in [3.05, 3.63) is 65.2 Å². The first-order valence-corrected chi connectivity index (χ1v) is 11.2. The summed E-state index contributed by atoms with van der Waals surface area (Å²) >= 11 is 0. The van der Waals surface area contributed by atoms with Gasteiger partial charge in [0.1, 0.15) is 11.8 Å². The fourth-order valence-electron chi connectivity index (χ4n) is 3.60. The second-order valence-electron chi connectivity index (χ2n) is 8.08. The van der Waals surface area contributed by atoms with Crippen molar-refractivity contribution in [2.24, 2.45) is 0 Å². The van der Waals surface area contributed by atoms with Crippen LogP contribution in [0.5, 0.6) is 5.75 Å². The predicted molar refractivity (Wildman–Crippen MR) is 125 cm³/mol. The summed E-state index contributed by atoms with van der Waals surface area (Å²) in [4.78, 5) is 27.6. The third-order valence-corrected chi connectivity index (χ3v) is 5.52. The topological polar surface area (TPSA) is 58.6 Å². The Kier molecular flexibility index (Phi) is 9.57. The maximum absolute atomic E-state index is 13.2. The summed E-state index contributed by atoms with van der Waals surface area (Å²) < 4.78 is 5.23. The van der Waals surface area contributed by atoms with E-state index < -0.39 is 6.04 Å². The predicted octanol–water partition coefficient (Wildman–Crippen LogP) is 4.69. The number of hydrogen-bond donors (Lipinski definition) is 1. The van der Waals surface area contributed by atoms with Gasteiger partial charge in [-0.15, -0.1) is 0 Å². The second kappa shape index (κ2) is 12.1. The minimum atomic E-state index is -0.488. The van der Waals surface area contributed by atoms with Gasteiger partial charge in [0.2, 0.25) is 11.8 Å². The van der Waals surface area contributed by atoms with Gasteiger partial charge in [-0.2, -0.15) is 0 Å². The van der Waals surface area contributed by atoms with E-state index in [0.29, 0.717) is 38.3 Å². The number of aryl methyl sites for hydroxylation is 1. The number of nitrogens with zero attached hydrogens (tertiary/aromatic N) is 1. The fraction of sp³-hybridized carbons (Fsp3) is 0.462. The molecule has 0 aromatic heterocycles. The molecule has 2 rings (SSSR count). The van der Waals surface area contributed by atoms with Crippen LogP contribution in [0.25, 0.3) is 0 Å². The van der Waals surface area contributed by atoms with Gasteiger partial charge in [-0.3, -0.25) is 9.59 Å². The van der Waals surface area contributed by atoms with Crippen molar-refractivity contribution in [1.82, 2.24) is 10.2 Å². The molecule has 0 aliphatic carbocycles. The number of benzene rings is 2. The van der Waals surface area contributed by atoms with Crippen LogP contribution in [0.4, 0.5) is 0 Å². The highest BCUT2D eigenvalue weighted by Crippen LogP contribution is 2.19. The highest BCUT2D eigenvalue weighted by molar-refractivity contribution is 5.87. The summed E-state index contributed by atoms with van der Waals surface area (Å²) in [6, 6.07) is 15.6. The number of nitrogens with one attached hydrogen (secondary N) is 1. The van der Waals surface area contributed by atoms with Crippen molar-refractivity contribution in [2.45, 2.75) is 65.5 Å². The lowest BCUT2D eigenvalue weighted by atomic mass is 10.00. The molecule has 0 radical (unpaired) electrons. The number of ether oxygens (including phenoxy) is 1. The highest BCUT2D eigenvalue weighted by atomic mass is 16.5. The van der Waals surface area contributed by atoms with Gasteiger partial charge in [0.25, 0.3) is 0 Å². The standard InChI is InChI=1S/C26H36N2O3/c1-6-24(26(30)27-7-2)28(18-21-10-15-23(31-5)16-11-21)25(29)17-12-20-8-13-22(14-9-20)19(3)4/h8-11,13-16,19,24H,6-7,12,17-18H2,1-5H3,(H,27,30). The zero-order chi connectivity index (χ0) is 22.8. The monoisotopic (exact) mass is 424 g/mol. The van der Waals surface area contributed by atoms with Crippen LogP contribution in [-0.4, -0.2) is 36.4 Å². The van der Waals surface area contributed by atoms with Crippen LogP contribution in [0.1, 0.15) is 63.1 Å². The van der Waals surface area contributed by atoms with Crippen LogP contribution in [0.15, 0.2) is 48.5 Å². The fourth-order valence-corrected chi connectivity index (χ4v) is 3.60. The molecular formula is C26H36N2O3. The maximum Gasteiger partial charge on any atom is 0.242 e. The molecule has 168 valence electrons. The Morgan fingerprint density at radius 2 is 1.58 bits per heavy atom. The molecule has 2 amide bonds. The molecule has 0 fully saturated rings. The molecule has 2 aromatic carbocycles. The van der Waals surface area contributed by atoms with Gasteiger partial charge in [-0.25, -0.2) is 0 Å². The third-order valence-electron chi connectivity index (χ3n) is 5.52. The minimum Gasteiger partial charge on any atom is -0.497 e. The van der Waals surface area contributed by atoms with Crippen molar-refractivity contribution < 1.29 is 14.3 Å². The van der Waals surface area contributed by atoms with E-state index >= 15 is 0 Å². The Morgan fingerprint density at radius 3 is 2.10 bits per heavy atom. The van der Waals surface area contributed by atoms with E-state index in [1.807, 2.05) is 38.1 Å². The Balaban J connectivity index is 2.16. The molecule has 1 atom stereocenters. The maximum atomic E-state index is 13.2. The first kappa shape index (κ1) is 24.4. The van der Waals surface area contributed by atoms with Crippen LogP contribution in [0.3, 0.4) is 0 Å². The van der Waals surface area contributed by atoms with Gasteiger partial charge < -0.3 is 15.0 Å². The normalized spacial score (nSPS) is 11.8. The summed E-state index contributed by atoms with van der Waals surface area (Å²) in [6.07, 6.45) is 1.59. The molecule has 0 saturated heterocycles. The number of amides is 2. The van der Waals surface area contributed by atoms with E-state index in [-0.39, 0.29) is 11.8 Å². The Morgan fingerprint density at radius 1 is 0.968 bits per heavy atom. The summed E-state index contributed by atoms with van der Waals surface area (Å²) in [5.41, 5.74) is 3.39. The molecule has 1 unspecified atom stereocenters. The summed E-state index contributed by atoms with van der Waals surface area (Å²) in [6.45, 7) is 9.11. The van der Waals surface area contributed by atoms with E-state index in [1.165, 1.54) is 5.56 Å².